The number of aromatic nitrogens is 2. The van der Waals surface area contributed by atoms with E-state index in [0.717, 1.165) is 28.1 Å². The molecule has 0 radical (unpaired) electrons. The van der Waals surface area contributed by atoms with Crippen LogP contribution in [0.4, 0.5) is 0 Å². The largest absolute Gasteiger partial charge is 0.480 e. The molecule has 0 bridgehead atoms. The minimum atomic E-state index is -0.993. The van der Waals surface area contributed by atoms with Crippen LogP contribution in [0.25, 0.3) is 0 Å². The lowest BCUT2D eigenvalue weighted by Crippen LogP contribution is -2.49. The molecule has 5 rings (SSSR count). The van der Waals surface area contributed by atoms with Crippen molar-refractivity contribution in [3.05, 3.63) is 125 Å². The number of carboxylic acids is 1. The van der Waals surface area contributed by atoms with Gasteiger partial charge in [-0.25, -0.2) is 9.78 Å². The second-order valence-electron chi connectivity index (χ2n) is 8.91. The van der Waals surface area contributed by atoms with Crippen molar-refractivity contribution in [3.8, 4) is 0 Å². The quantitative estimate of drug-likeness (QED) is 0.436. The maximum absolute atomic E-state index is 13.6. The number of rotatable bonds is 7. The first-order valence-electron chi connectivity index (χ1n) is 11.8. The van der Waals surface area contributed by atoms with E-state index >= 15 is 0 Å². The summed E-state index contributed by atoms with van der Waals surface area (Å²) in [5.74, 6) is -1.33. The summed E-state index contributed by atoms with van der Waals surface area (Å²) in [6.45, 7) is 0.816. The molecule has 35 heavy (non-hydrogen) atoms. The van der Waals surface area contributed by atoms with E-state index in [-0.39, 0.29) is 31.2 Å². The van der Waals surface area contributed by atoms with Crippen molar-refractivity contribution in [2.45, 2.75) is 37.9 Å². The van der Waals surface area contributed by atoms with Crippen LogP contribution < -0.4 is 0 Å². The van der Waals surface area contributed by atoms with Gasteiger partial charge in [-0.3, -0.25) is 4.79 Å². The van der Waals surface area contributed by atoms with Crippen LogP contribution in [0, 0.1) is 0 Å². The van der Waals surface area contributed by atoms with E-state index in [9.17, 15) is 14.7 Å². The van der Waals surface area contributed by atoms with Crippen LogP contribution >= 0.6 is 0 Å². The van der Waals surface area contributed by atoms with Crippen molar-refractivity contribution in [2.75, 3.05) is 0 Å². The Morgan fingerprint density at radius 3 is 2.03 bits per heavy atom. The van der Waals surface area contributed by atoms with Crippen molar-refractivity contribution in [1.29, 1.82) is 0 Å². The van der Waals surface area contributed by atoms with Crippen LogP contribution in [0.3, 0.4) is 0 Å². The minimum Gasteiger partial charge on any atom is -0.480 e. The molecule has 0 fully saturated rings. The molecule has 1 aromatic heterocycles. The average molecular weight is 466 g/mol. The predicted octanol–water partition coefficient (Wildman–Crippen LogP) is 4.49. The van der Waals surface area contributed by atoms with Crippen molar-refractivity contribution in [1.82, 2.24) is 14.5 Å². The molecule has 1 N–H and O–H groups in total. The van der Waals surface area contributed by atoms with Gasteiger partial charge in [0, 0.05) is 31.0 Å². The number of benzene rings is 3. The molecule has 176 valence electrons. The van der Waals surface area contributed by atoms with Gasteiger partial charge in [-0.15, -0.1) is 0 Å². The third-order valence-corrected chi connectivity index (χ3v) is 6.70. The van der Waals surface area contributed by atoms with Crippen molar-refractivity contribution >= 4 is 11.9 Å². The van der Waals surface area contributed by atoms with Crippen LogP contribution in [0.5, 0.6) is 0 Å². The van der Waals surface area contributed by atoms with Crippen molar-refractivity contribution in [2.24, 2.45) is 0 Å². The van der Waals surface area contributed by atoms with Crippen LogP contribution in [-0.4, -0.2) is 37.5 Å². The normalized spacial score (nSPS) is 15.1. The summed E-state index contributed by atoms with van der Waals surface area (Å²) in [6.07, 6.45) is 2.18. The van der Waals surface area contributed by atoms with Crippen molar-refractivity contribution in [3.63, 3.8) is 0 Å². The monoisotopic (exact) mass is 465 g/mol. The number of carbonyl (C=O) groups excluding carboxylic acids is 1. The number of carboxylic acid groups (broad SMARTS) is 1. The summed E-state index contributed by atoms with van der Waals surface area (Å²) in [5, 5.41) is 10.0. The Balaban J connectivity index is 1.41. The number of imidazole rings is 1. The van der Waals surface area contributed by atoms with Crippen LogP contribution in [0.1, 0.15) is 40.4 Å². The van der Waals surface area contributed by atoms with Crippen molar-refractivity contribution < 1.29 is 14.7 Å². The van der Waals surface area contributed by atoms with E-state index in [1.165, 1.54) is 4.90 Å². The fraction of sp³-hybridized carbons (Fsp3) is 0.207. The number of fused-ring (bicyclic) bond motifs is 1. The molecular weight excluding hydrogens is 438 g/mol. The molecule has 0 aliphatic carbocycles. The number of carbonyl (C=O) groups is 2. The maximum Gasteiger partial charge on any atom is 0.326 e. The topological polar surface area (TPSA) is 75.4 Å². The molecule has 6 nitrogen and oxygen atoms in total. The molecule has 1 aliphatic rings. The van der Waals surface area contributed by atoms with Gasteiger partial charge in [0.15, 0.2) is 0 Å². The fourth-order valence-electron chi connectivity index (χ4n) is 4.87. The first kappa shape index (κ1) is 22.6. The molecule has 6 heteroatoms. The van der Waals surface area contributed by atoms with Gasteiger partial charge in [-0.05, 0) is 16.7 Å². The van der Waals surface area contributed by atoms with E-state index in [0.29, 0.717) is 6.54 Å². The Hall–Kier alpha value is -4.19. The highest BCUT2D eigenvalue weighted by atomic mass is 16.4. The Kier molecular flexibility index (Phi) is 6.44. The number of nitrogens with zero attached hydrogens (tertiary/aromatic N) is 3. The molecule has 1 amide bonds. The van der Waals surface area contributed by atoms with Gasteiger partial charge in [0.1, 0.15) is 6.04 Å². The second kappa shape index (κ2) is 9.97. The lowest BCUT2D eigenvalue weighted by atomic mass is 9.87. The zero-order chi connectivity index (χ0) is 24.2. The molecule has 0 saturated carbocycles. The molecule has 1 atom stereocenters. The third kappa shape index (κ3) is 4.87. The highest BCUT2D eigenvalue weighted by Gasteiger charge is 2.37. The number of hydrogen-bond donors (Lipinski definition) is 1. The smallest absolute Gasteiger partial charge is 0.326 e. The van der Waals surface area contributed by atoms with Gasteiger partial charge in [0.05, 0.1) is 18.6 Å². The average Bonchev–Trinajstić information content (AvgIpc) is 3.29. The molecular formula is C29H27N3O3. The van der Waals surface area contributed by atoms with Crippen LogP contribution in [0.15, 0.2) is 97.3 Å². The predicted molar refractivity (Wildman–Crippen MR) is 133 cm³/mol. The van der Waals surface area contributed by atoms with Gasteiger partial charge < -0.3 is 14.6 Å². The summed E-state index contributed by atoms with van der Waals surface area (Å²) in [6, 6.07) is 28.9. The molecule has 0 spiro atoms. The zero-order valence-electron chi connectivity index (χ0n) is 19.3. The number of aliphatic carboxylic acids is 1. The lowest BCUT2D eigenvalue weighted by molar-refractivity contribution is -0.151. The van der Waals surface area contributed by atoms with E-state index < -0.39 is 12.0 Å². The Morgan fingerprint density at radius 2 is 1.46 bits per heavy atom. The summed E-state index contributed by atoms with van der Waals surface area (Å²) >= 11 is 0. The molecule has 1 aliphatic heterocycles. The summed E-state index contributed by atoms with van der Waals surface area (Å²) < 4.78 is 2.00. The van der Waals surface area contributed by atoms with Gasteiger partial charge >= 0.3 is 5.97 Å². The summed E-state index contributed by atoms with van der Waals surface area (Å²) in [7, 11) is 0. The van der Waals surface area contributed by atoms with E-state index in [4.69, 9.17) is 0 Å². The minimum absolute atomic E-state index is 0.156. The number of hydrogen-bond acceptors (Lipinski definition) is 3. The second-order valence-corrected chi connectivity index (χ2v) is 8.91. The Labute approximate surface area is 204 Å². The highest BCUT2D eigenvalue weighted by Crippen LogP contribution is 2.31. The highest BCUT2D eigenvalue weighted by molar-refractivity contribution is 5.85. The molecule has 0 unspecified atom stereocenters. The van der Waals surface area contributed by atoms with Crippen LogP contribution in [-0.2, 0) is 29.1 Å². The fourth-order valence-corrected chi connectivity index (χ4v) is 4.87. The van der Waals surface area contributed by atoms with E-state index in [1.54, 1.807) is 6.33 Å². The van der Waals surface area contributed by atoms with Gasteiger partial charge in [0.2, 0.25) is 5.91 Å². The van der Waals surface area contributed by atoms with Crippen LogP contribution in [0.2, 0.25) is 0 Å². The Morgan fingerprint density at radius 1 is 0.886 bits per heavy atom. The standard InChI is InChI=1S/C29H27N3O3/c33-28(16-24(22-12-6-2-7-13-22)23-14-8-3-9-15-23)32-19-25-26(17-27(32)29(34)35)31(20-30-25)18-21-10-4-1-5-11-21/h1-15,20,24,27H,16-19H2,(H,34,35)/t27-/m0/s1. The molecule has 2 heterocycles. The lowest BCUT2D eigenvalue weighted by Gasteiger charge is -2.34. The number of amides is 1. The summed E-state index contributed by atoms with van der Waals surface area (Å²) in [5.41, 5.74) is 4.83. The first-order valence-corrected chi connectivity index (χ1v) is 11.8. The SMILES string of the molecule is O=C(O)[C@@H]1Cc2c(ncn2Cc2ccccc2)CN1C(=O)CC(c1ccccc1)c1ccccc1. The first-order chi connectivity index (χ1) is 17.1. The maximum atomic E-state index is 13.6. The third-order valence-electron chi connectivity index (χ3n) is 6.70. The van der Waals surface area contributed by atoms with Gasteiger partial charge in [-0.2, -0.15) is 0 Å². The zero-order valence-corrected chi connectivity index (χ0v) is 19.3. The van der Waals surface area contributed by atoms with E-state index in [1.807, 2.05) is 95.6 Å². The van der Waals surface area contributed by atoms with Gasteiger partial charge in [-0.1, -0.05) is 91.0 Å². The Bertz CT molecular complexity index is 1260. The molecule has 4 aromatic rings. The molecule has 3 aromatic carbocycles. The van der Waals surface area contributed by atoms with Gasteiger partial charge in [0.25, 0.3) is 0 Å². The molecule has 0 saturated heterocycles. The van der Waals surface area contributed by atoms with E-state index in [2.05, 4.69) is 4.98 Å². The summed E-state index contributed by atoms with van der Waals surface area (Å²) in [4.78, 5) is 31.9.